The smallest absolute Gasteiger partial charge is 0.220 e. The lowest BCUT2D eigenvalue weighted by molar-refractivity contribution is -0.335. The predicted molar refractivity (Wildman–Crippen MR) is 53.4 cm³/mol. The fourth-order valence-corrected chi connectivity index (χ4v) is 1.53. The second kappa shape index (κ2) is 4.55. The van der Waals surface area contributed by atoms with Gasteiger partial charge in [0.05, 0.1) is 0 Å². The van der Waals surface area contributed by atoms with Gasteiger partial charge in [-0.1, -0.05) is 37.3 Å². The molecule has 0 aromatic heterocycles. The average molecular weight is 193 g/mol. The van der Waals surface area contributed by atoms with Crippen molar-refractivity contribution < 1.29 is 9.47 Å². The molecule has 1 atom stereocenters. The van der Waals surface area contributed by atoms with E-state index in [-0.39, 0.29) is 6.41 Å². The van der Waals surface area contributed by atoms with Crippen molar-refractivity contribution in [1.82, 2.24) is 5.32 Å². The Kier molecular flexibility index (Phi) is 3.14. The zero-order chi connectivity index (χ0) is 9.80. The molecule has 1 N–H and O–H groups in total. The number of ether oxygens (including phenoxy) is 2. The molecule has 3 nitrogen and oxygen atoms in total. The maximum Gasteiger partial charge on any atom is 0.220 e. The van der Waals surface area contributed by atoms with E-state index in [1.165, 1.54) is 5.56 Å². The number of nitrogens with one attached hydrogen (secondary N) is 1. The highest BCUT2D eigenvalue weighted by atomic mass is 16.9. The van der Waals surface area contributed by atoms with Gasteiger partial charge in [0.15, 0.2) is 6.79 Å². The van der Waals surface area contributed by atoms with Crippen LogP contribution in [0.2, 0.25) is 0 Å². The largest absolute Gasteiger partial charge is 0.313 e. The summed E-state index contributed by atoms with van der Waals surface area (Å²) in [7, 11) is 0. The monoisotopic (exact) mass is 193 g/mol. The van der Waals surface area contributed by atoms with Crippen LogP contribution in [-0.4, -0.2) is 13.2 Å². The Hall–Kier alpha value is -0.900. The van der Waals surface area contributed by atoms with Gasteiger partial charge in [-0.15, -0.1) is 0 Å². The van der Waals surface area contributed by atoms with Crippen LogP contribution in [0.1, 0.15) is 24.9 Å². The summed E-state index contributed by atoms with van der Waals surface area (Å²) in [4.78, 5) is 0. The van der Waals surface area contributed by atoms with E-state index in [0.717, 1.165) is 6.42 Å². The SMILES string of the molecule is CC[C@H](NC1OCO1)c1ccccc1. The van der Waals surface area contributed by atoms with Crippen LogP contribution in [0.25, 0.3) is 0 Å². The Morgan fingerprint density at radius 1 is 1.36 bits per heavy atom. The Labute approximate surface area is 84.0 Å². The lowest BCUT2D eigenvalue weighted by atomic mass is 10.1. The molecule has 14 heavy (non-hydrogen) atoms. The maximum absolute atomic E-state index is 5.15. The van der Waals surface area contributed by atoms with Crippen LogP contribution in [0.5, 0.6) is 0 Å². The minimum atomic E-state index is -0.222. The first-order valence-corrected chi connectivity index (χ1v) is 4.94. The highest BCUT2D eigenvalue weighted by Gasteiger charge is 2.22. The summed E-state index contributed by atoms with van der Waals surface area (Å²) in [5.74, 6) is 0. The van der Waals surface area contributed by atoms with Crippen LogP contribution in [0, 0.1) is 0 Å². The Bertz CT molecular complexity index is 272. The highest BCUT2D eigenvalue weighted by Crippen LogP contribution is 2.18. The van der Waals surface area contributed by atoms with Crippen molar-refractivity contribution in [2.45, 2.75) is 25.8 Å². The Morgan fingerprint density at radius 2 is 2.07 bits per heavy atom. The number of hydrogen-bond acceptors (Lipinski definition) is 3. The average Bonchev–Trinajstić information content (AvgIpc) is 2.18. The van der Waals surface area contributed by atoms with E-state index in [1.54, 1.807) is 0 Å². The summed E-state index contributed by atoms with van der Waals surface area (Å²) in [6, 6.07) is 10.6. The van der Waals surface area contributed by atoms with Gasteiger partial charge in [-0.05, 0) is 12.0 Å². The van der Waals surface area contributed by atoms with Gasteiger partial charge in [-0.25, -0.2) is 0 Å². The topological polar surface area (TPSA) is 30.5 Å². The second-order valence-corrected chi connectivity index (χ2v) is 3.32. The second-order valence-electron chi connectivity index (χ2n) is 3.32. The van der Waals surface area contributed by atoms with E-state index in [0.29, 0.717) is 12.8 Å². The normalized spacial score (nSPS) is 18.9. The molecule has 0 spiro atoms. The summed E-state index contributed by atoms with van der Waals surface area (Å²) >= 11 is 0. The van der Waals surface area contributed by atoms with Gasteiger partial charge in [-0.3, -0.25) is 5.32 Å². The van der Waals surface area contributed by atoms with Crippen LogP contribution in [0.15, 0.2) is 30.3 Å². The van der Waals surface area contributed by atoms with Crippen molar-refractivity contribution in [3.05, 3.63) is 35.9 Å². The first-order valence-electron chi connectivity index (χ1n) is 4.94. The first-order chi connectivity index (χ1) is 6.90. The summed E-state index contributed by atoms with van der Waals surface area (Å²) in [5, 5.41) is 3.27. The molecule has 1 saturated heterocycles. The molecule has 1 fully saturated rings. The standard InChI is InChI=1S/C11H15NO2/c1-2-10(12-11-13-8-14-11)9-6-4-3-5-7-9/h3-7,10-12H,2,8H2,1H3/t10-/m0/s1. The molecular formula is C11H15NO2. The fraction of sp³-hybridized carbons (Fsp3) is 0.455. The molecule has 1 heterocycles. The Morgan fingerprint density at radius 3 is 2.57 bits per heavy atom. The van der Waals surface area contributed by atoms with Gasteiger partial charge < -0.3 is 9.47 Å². The lowest BCUT2D eigenvalue weighted by Crippen LogP contribution is -2.45. The molecule has 2 rings (SSSR count). The molecule has 76 valence electrons. The van der Waals surface area contributed by atoms with E-state index in [1.807, 2.05) is 18.2 Å². The fourth-order valence-electron chi connectivity index (χ4n) is 1.53. The minimum Gasteiger partial charge on any atom is -0.313 e. The summed E-state index contributed by atoms with van der Waals surface area (Å²) in [6.07, 6.45) is 0.799. The predicted octanol–water partition coefficient (Wildman–Crippen LogP) is 2.02. The maximum atomic E-state index is 5.15. The summed E-state index contributed by atoms with van der Waals surface area (Å²) in [6.45, 7) is 2.55. The van der Waals surface area contributed by atoms with Gasteiger partial charge in [0.2, 0.25) is 6.41 Å². The molecule has 1 aromatic carbocycles. The van der Waals surface area contributed by atoms with Crippen LogP contribution >= 0.6 is 0 Å². The van der Waals surface area contributed by atoms with Gasteiger partial charge in [0.25, 0.3) is 0 Å². The van der Waals surface area contributed by atoms with Crippen LogP contribution in [0.4, 0.5) is 0 Å². The third kappa shape index (κ3) is 2.12. The van der Waals surface area contributed by atoms with Gasteiger partial charge in [-0.2, -0.15) is 0 Å². The summed E-state index contributed by atoms with van der Waals surface area (Å²) < 4.78 is 10.3. The number of hydrogen-bond donors (Lipinski definition) is 1. The van der Waals surface area contributed by atoms with E-state index in [2.05, 4.69) is 24.4 Å². The van der Waals surface area contributed by atoms with Crippen molar-refractivity contribution in [3.8, 4) is 0 Å². The van der Waals surface area contributed by atoms with Crippen LogP contribution in [0.3, 0.4) is 0 Å². The van der Waals surface area contributed by atoms with Crippen molar-refractivity contribution in [2.24, 2.45) is 0 Å². The van der Waals surface area contributed by atoms with Crippen molar-refractivity contribution in [1.29, 1.82) is 0 Å². The van der Waals surface area contributed by atoms with Crippen molar-refractivity contribution >= 4 is 0 Å². The van der Waals surface area contributed by atoms with Gasteiger partial charge in [0.1, 0.15) is 0 Å². The van der Waals surface area contributed by atoms with Crippen LogP contribution < -0.4 is 5.32 Å². The van der Waals surface area contributed by atoms with E-state index in [4.69, 9.17) is 9.47 Å². The zero-order valence-electron chi connectivity index (χ0n) is 8.27. The molecule has 0 bridgehead atoms. The minimum absolute atomic E-state index is 0.222. The molecule has 0 saturated carbocycles. The van der Waals surface area contributed by atoms with E-state index < -0.39 is 0 Å². The van der Waals surface area contributed by atoms with Gasteiger partial charge >= 0.3 is 0 Å². The molecule has 1 aromatic rings. The van der Waals surface area contributed by atoms with E-state index in [9.17, 15) is 0 Å². The quantitative estimate of drug-likeness (QED) is 0.793. The third-order valence-corrected chi connectivity index (χ3v) is 2.39. The molecule has 0 aliphatic carbocycles. The summed E-state index contributed by atoms with van der Waals surface area (Å²) in [5.41, 5.74) is 1.27. The molecule has 3 heteroatoms. The molecule has 1 aliphatic rings. The molecule has 0 unspecified atom stereocenters. The van der Waals surface area contributed by atoms with Crippen molar-refractivity contribution in [3.63, 3.8) is 0 Å². The van der Waals surface area contributed by atoms with Gasteiger partial charge in [0, 0.05) is 6.04 Å². The number of rotatable bonds is 4. The Balaban J connectivity index is 1.98. The third-order valence-electron chi connectivity index (χ3n) is 2.39. The first kappa shape index (κ1) is 9.65. The van der Waals surface area contributed by atoms with Crippen molar-refractivity contribution in [2.75, 3.05) is 6.79 Å². The molecule has 1 aliphatic heterocycles. The zero-order valence-corrected chi connectivity index (χ0v) is 8.27. The highest BCUT2D eigenvalue weighted by molar-refractivity contribution is 5.18. The molecule has 0 radical (unpaired) electrons. The lowest BCUT2D eigenvalue weighted by Gasteiger charge is -2.31. The molecule has 0 amide bonds. The molecular weight excluding hydrogens is 178 g/mol. The van der Waals surface area contributed by atoms with Crippen LogP contribution in [-0.2, 0) is 9.47 Å². The number of benzene rings is 1. The van der Waals surface area contributed by atoms with E-state index >= 15 is 0 Å².